The van der Waals surface area contributed by atoms with Gasteiger partial charge in [-0.2, -0.15) is 0 Å². The zero-order valence-electron chi connectivity index (χ0n) is 13.8. The molecule has 1 amide bonds. The lowest BCUT2D eigenvalue weighted by Crippen LogP contribution is -2.38. The van der Waals surface area contributed by atoms with Crippen molar-refractivity contribution < 1.29 is 13.2 Å². The number of thiophene rings is 1. The van der Waals surface area contributed by atoms with E-state index in [2.05, 4.69) is 10.0 Å². The second kappa shape index (κ2) is 9.15. The van der Waals surface area contributed by atoms with Crippen LogP contribution in [0.3, 0.4) is 0 Å². The highest BCUT2D eigenvalue weighted by Crippen LogP contribution is 2.38. The maximum absolute atomic E-state index is 12.2. The maximum atomic E-state index is 12.2. The summed E-state index contributed by atoms with van der Waals surface area (Å²) in [4.78, 5) is 13.0. The molecule has 0 aliphatic heterocycles. The fourth-order valence-corrected chi connectivity index (χ4v) is 5.18. The molecule has 6 nitrogen and oxygen atoms in total. The Kier molecular flexibility index (Phi) is 8.14. The molecule has 1 aromatic rings. The van der Waals surface area contributed by atoms with E-state index in [0.717, 1.165) is 30.6 Å². The van der Waals surface area contributed by atoms with Crippen LogP contribution >= 0.6 is 23.7 Å². The molecule has 0 unspecified atom stereocenters. The van der Waals surface area contributed by atoms with Gasteiger partial charge in [-0.1, -0.05) is 19.3 Å². The topological polar surface area (TPSA) is 101 Å². The van der Waals surface area contributed by atoms with Gasteiger partial charge in [-0.3, -0.25) is 4.79 Å². The molecule has 138 valence electrons. The lowest BCUT2D eigenvalue weighted by molar-refractivity contribution is -0.124. The summed E-state index contributed by atoms with van der Waals surface area (Å²) < 4.78 is 25.9. The van der Waals surface area contributed by atoms with Gasteiger partial charge < -0.3 is 11.1 Å². The Morgan fingerprint density at radius 3 is 2.54 bits per heavy atom. The highest BCUT2D eigenvalue weighted by molar-refractivity contribution is 7.91. The molecule has 0 saturated heterocycles. The number of hydrogen-bond acceptors (Lipinski definition) is 5. The largest absolute Gasteiger partial charge is 0.351 e. The minimum absolute atomic E-state index is 0. The van der Waals surface area contributed by atoms with Crippen LogP contribution in [-0.4, -0.2) is 27.9 Å². The summed E-state index contributed by atoms with van der Waals surface area (Å²) in [6.07, 6.45) is 5.99. The van der Waals surface area contributed by atoms with E-state index in [-0.39, 0.29) is 27.9 Å². The summed E-state index contributed by atoms with van der Waals surface area (Å²) in [5.74, 6) is -0.0104. The average Bonchev–Trinajstić information content (AvgIpc) is 3.03. The number of halogens is 1. The van der Waals surface area contributed by atoms with Gasteiger partial charge >= 0.3 is 0 Å². The minimum atomic E-state index is -3.41. The van der Waals surface area contributed by atoms with Crippen LogP contribution in [0, 0.1) is 5.41 Å². The smallest absolute Gasteiger partial charge is 0.249 e. The monoisotopic (exact) mass is 395 g/mol. The summed E-state index contributed by atoms with van der Waals surface area (Å²) in [6, 6.07) is 3.29. The number of sulfonamides is 1. The van der Waals surface area contributed by atoms with Gasteiger partial charge in [0.2, 0.25) is 15.9 Å². The van der Waals surface area contributed by atoms with E-state index in [4.69, 9.17) is 5.73 Å². The van der Waals surface area contributed by atoms with Gasteiger partial charge in [-0.05, 0) is 44.0 Å². The van der Waals surface area contributed by atoms with Crippen molar-refractivity contribution in [3.05, 3.63) is 17.0 Å². The van der Waals surface area contributed by atoms with Crippen molar-refractivity contribution in [2.75, 3.05) is 13.6 Å². The first kappa shape index (κ1) is 21.4. The number of nitrogens with one attached hydrogen (secondary N) is 2. The fourth-order valence-electron chi connectivity index (χ4n) is 3.04. The van der Waals surface area contributed by atoms with Crippen LogP contribution in [0.4, 0.5) is 0 Å². The van der Waals surface area contributed by atoms with Gasteiger partial charge in [-0.15, -0.1) is 23.7 Å². The number of carbonyl (C=O) groups is 1. The van der Waals surface area contributed by atoms with Gasteiger partial charge in [0.05, 0.1) is 6.54 Å². The Bertz CT molecular complexity index is 640. The zero-order valence-corrected chi connectivity index (χ0v) is 16.3. The van der Waals surface area contributed by atoms with Gasteiger partial charge in [0.1, 0.15) is 4.21 Å². The molecule has 1 aliphatic carbocycles. The molecule has 0 radical (unpaired) electrons. The number of hydrogen-bond donors (Lipinski definition) is 3. The van der Waals surface area contributed by atoms with E-state index in [0.29, 0.717) is 19.5 Å². The van der Waals surface area contributed by atoms with Crippen LogP contribution in [0.15, 0.2) is 16.3 Å². The maximum Gasteiger partial charge on any atom is 0.249 e. The molecule has 0 aromatic carbocycles. The second-order valence-electron chi connectivity index (χ2n) is 6.15. The zero-order chi connectivity index (χ0) is 16.9. The predicted molar refractivity (Wildman–Crippen MR) is 98.8 cm³/mol. The Labute approximate surface area is 154 Å². The van der Waals surface area contributed by atoms with Crippen molar-refractivity contribution in [3.8, 4) is 0 Å². The molecule has 1 heterocycles. The Balaban J connectivity index is 0.00000288. The van der Waals surface area contributed by atoms with Gasteiger partial charge in [-0.25, -0.2) is 13.1 Å². The van der Waals surface area contributed by atoms with Crippen LogP contribution < -0.4 is 15.8 Å². The molecule has 9 heteroatoms. The normalized spacial score (nSPS) is 17.1. The fraction of sp³-hybridized carbons (Fsp3) is 0.667. The Morgan fingerprint density at radius 1 is 1.29 bits per heavy atom. The van der Waals surface area contributed by atoms with Crippen LogP contribution in [0.5, 0.6) is 0 Å². The van der Waals surface area contributed by atoms with E-state index in [1.807, 2.05) is 0 Å². The van der Waals surface area contributed by atoms with Crippen molar-refractivity contribution in [3.63, 3.8) is 0 Å². The molecule has 2 rings (SSSR count). The van der Waals surface area contributed by atoms with E-state index < -0.39 is 10.0 Å². The third-order valence-corrected chi connectivity index (χ3v) is 7.50. The predicted octanol–water partition coefficient (Wildman–Crippen LogP) is 1.99. The summed E-state index contributed by atoms with van der Waals surface area (Å²) in [6.45, 7) is 0.896. The van der Waals surface area contributed by atoms with Crippen molar-refractivity contribution in [1.29, 1.82) is 0 Å². The lowest BCUT2D eigenvalue weighted by Gasteiger charge is -2.35. The molecule has 1 fully saturated rings. The molecule has 0 bridgehead atoms. The summed E-state index contributed by atoms with van der Waals surface area (Å²) in [5, 5.41) is 2.89. The summed E-state index contributed by atoms with van der Waals surface area (Å²) in [5.41, 5.74) is 5.85. The van der Waals surface area contributed by atoms with Gasteiger partial charge in [0, 0.05) is 11.3 Å². The molecule has 1 aromatic heterocycles. The van der Waals surface area contributed by atoms with Crippen LogP contribution in [-0.2, 0) is 21.4 Å². The molecule has 4 N–H and O–H groups in total. The quantitative estimate of drug-likeness (QED) is 0.657. The molecule has 1 aliphatic rings. The highest BCUT2D eigenvalue weighted by Gasteiger charge is 2.32. The molecular weight excluding hydrogens is 370 g/mol. The Hall–Kier alpha value is -0.670. The van der Waals surface area contributed by atoms with Crippen LogP contribution in [0.1, 0.15) is 43.4 Å². The van der Waals surface area contributed by atoms with Crippen molar-refractivity contribution in [2.45, 2.75) is 49.3 Å². The van der Waals surface area contributed by atoms with Crippen molar-refractivity contribution in [1.82, 2.24) is 10.0 Å². The number of nitrogens with two attached hydrogens (primary N) is 1. The molecule has 0 spiro atoms. The van der Waals surface area contributed by atoms with Gasteiger partial charge in [0.15, 0.2) is 0 Å². The first-order valence-electron chi connectivity index (χ1n) is 7.90. The van der Waals surface area contributed by atoms with Crippen molar-refractivity contribution >= 4 is 39.7 Å². The molecular formula is C15H26ClN3O3S2. The van der Waals surface area contributed by atoms with Crippen molar-refractivity contribution in [2.24, 2.45) is 11.1 Å². The SMILES string of the molecule is CNS(=O)(=O)c1ccc(CNC(=O)CC2(CN)CCCCC2)s1.Cl. The van der Waals surface area contributed by atoms with Crippen LogP contribution in [0.25, 0.3) is 0 Å². The Morgan fingerprint density at radius 2 is 1.96 bits per heavy atom. The minimum Gasteiger partial charge on any atom is -0.351 e. The lowest BCUT2D eigenvalue weighted by atomic mass is 9.71. The summed E-state index contributed by atoms with van der Waals surface area (Å²) in [7, 11) is -2.03. The first-order chi connectivity index (χ1) is 10.9. The van der Waals surface area contributed by atoms with E-state index in [9.17, 15) is 13.2 Å². The molecule has 1 saturated carbocycles. The second-order valence-corrected chi connectivity index (χ2v) is 9.43. The van der Waals surface area contributed by atoms with Gasteiger partial charge in [0.25, 0.3) is 0 Å². The number of carbonyl (C=O) groups excluding carboxylic acids is 1. The van der Waals surface area contributed by atoms with Crippen LogP contribution in [0.2, 0.25) is 0 Å². The van der Waals surface area contributed by atoms with E-state index >= 15 is 0 Å². The highest BCUT2D eigenvalue weighted by atomic mass is 35.5. The number of rotatable bonds is 7. The van der Waals surface area contributed by atoms with E-state index in [1.54, 1.807) is 12.1 Å². The third kappa shape index (κ3) is 5.42. The van der Waals surface area contributed by atoms with E-state index in [1.165, 1.54) is 24.8 Å². The summed E-state index contributed by atoms with van der Waals surface area (Å²) >= 11 is 1.17. The molecule has 24 heavy (non-hydrogen) atoms. The third-order valence-electron chi connectivity index (χ3n) is 4.51. The number of amides is 1. The molecule has 0 atom stereocenters. The average molecular weight is 396 g/mol. The standard InChI is InChI=1S/C15H25N3O3S2.ClH/c1-17-23(20,21)14-6-5-12(22-14)10-18-13(19)9-15(11-16)7-3-2-4-8-15;/h5-6,17H,2-4,7-11,16H2,1H3,(H,18,19);1H. The first-order valence-corrected chi connectivity index (χ1v) is 10.2.